The maximum Gasteiger partial charge on any atom is 0.00134 e. The van der Waals surface area contributed by atoms with Crippen molar-refractivity contribution in [3.05, 3.63) is 35.4 Å². The largest absolute Gasteiger partial charge is 0.314 e. The maximum atomic E-state index is 3.68. The average molecular weight is 287 g/mol. The fraction of sp³-hybridized carbons (Fsp3) is 0.700. The molecule has 1 aliphatic rings. The van der Waals surface area contributed by atoms with Gasteiger partial charge in [0.1, 0.15) is 0 Å². The van der Waals surface area contributed by atoms with Crippen molar-refractivity contribution in [1.29, 1.82) is 0 Å². The molecular weight excluding hydrogens is 254 g/mol. The zero-order valence-corrected chi connectivity index (χ0v) is 14.6. The molecule has 1 saturated carbocycles. The van der Waals surface area contributed by atoms with E-state index in [2.05, 4.69) is 64.2 Å². The predicted octanol–water partition coefficient (Wildman–Crippen LogP) is 5.09. The van der Waals surface area contributed by atoms with Crippen LogP contribution >= 0.6 is 0 Å². The summed E-state index contributed by atoms with van der Waals surface area (Å²) in [6.07, 6.45) is 6.80. The van der Waals surface area contributed by atoms with E-state index in [-0.39, 0.29) is 5.41 Å². The summed E-state index contributed by atoms with van der Waals surface area (Å²) in [5, 5.41) is 3.68. The van der Waals surface area contributed by atoms with Crippen molar-refractivity contribution in [3.63, 3.8) is 0 Å². The molecule has 0 amide bonds. The standard InChI is InChI=1S/C20H33N/c1-16(2)21-15-20(12-6-7-13-20)14-17-8-10-18(11-9-17)19(3,4)5/h8-11,16,21H,6-7,12-15H2,1-5H3. The van der Waals surface area contributed by atoms with Crippen LogP contribution in [0.1, 0.15) is 71.4 Å². The van der Waals surface area contributed by atoms with Crippen molar-refractivity contribution in [2.24, 2.45) is 5.41 Å². The highest BCUT2D eigenvalue weighted by molar-refractivity contribution is 5.28. The Balaban J connectivity index is 2.07. The van der Waals surface area contributed by atoms with Crippen LogP contribution in [-0.4, -0.2) is 12.6 Å². The maximum absolute atomic E-state index is 3.68. The SMILES string of the molecule is CC(C)NCC1(Cc2ccc(C(C)(C)C)cc2)CCCC1. The first-order valence-corrected chi connectivity index (χ1v) is 8.64. The lowest BCUT2D eigenvalue weighted by Gasteiger charge is -2.31. The van der Waals surface area contributed by atoms with Crippen LogP contribution in [0.5, 0.6) is 0 Å². The second-order valence-electron chi connectivity index (χ2n) is 8.37. The van der Waals surface area contributed by atoms with Gasteiger partial charge in [0, 0.05) is 12.6 Å². The van der Waals surface area contributed by atoms with Crippen LogP contribution in [0.25, 0.3) is 0 Å². The molecule has 2 rings (SSSR count). The van der Waals surface area contributed by atoms with Gasteiger partial charge in [-0.1, -0.05) is 71.7 Å². The topological polar surface area (TPSA) is 12.0 Å². The minimum Gasteiger partial charge on any atom is -0.314 e. The molecule has 118 valence electrons. The highest BCUT2D eigenvalue weighted by Gasteiger charge is 2.33. The highest BCUT2D eigenvalue weighted by Crippen LogP contribution is 2.40. The first-order valence-electron chi connectivity index (χ1n) is 8.64. The van der Waals surface area contributed by atoms with Crippen LogP contribution in [0.3, 0.4) is 0 Å². The smallest absolute Gasteiger partial charge is 0.00134 e. The molecule has 0 saturated heterocycles. The summed E-state index contributed by atoms with van der Waals surface area (Å²) in [7, 11) is 0. The fourth-order valence-electron chi connectivity index (χ4n) is 3.52. The van der Waals surface area contributed by atoms with E-state index < -0.39 is 0 Å². The molecule has 1 aliphatic carbocycles. The molecule has 0 heterocycles. The third-order valence-electron chi connectivity index (χ3n) is 4.95. The zero-order valence-electron chi connectivity index (χ0n) is 14.6. The Morgan fingerprint density at radius 1 is 1.05 bits per heavy atom. The Morgan fingerprint density at radius 3 is 2.10 bits per heavy atom. The molecule has 0 bridgehead atoms. The fourth-order valence-corrected chi connectivity index (χ4v) is 3.52. The first kappa shape index (κ1) is 16.5. The number of rotatable bonds is 5. The summed E-state index contributed by atoms with van der Waals surface area (Å²) in [5.41, 5.74) is 3.69. The lowest BCUT2D eigenvalue weighted by atomic mass is 9.79. The van der Waals surface area contributed by atoms with Crippen LogP contribution in [0.4, 0.5) is 0 Å². The highest BCUT2D eigenvalue weighted by atomic mass is 14.9. The zero-order chi connectivity index (χ0) is 15.5. The van der Waals surface area contributed by atoms with E-state index in [9.17, 15) is 0 Å². The van der Waals surface area contributed by atoms with E-state index in [0.29, 0.717) is 11.5 Å². The normalized spacial score (nSPS) is 18.4. The lowest BCUT2D eigenvalue weighted by molar-refractivity contribution is 0.269. The van der Waals surface area contributed by atoms with Crippen molar-refractivity contribution >= 4 is 0 Å². The van der Waals surface area contributed by atoms with E-state index >= 15 is 0 Å². The van der Waals surface area contributed by atoms with Crippen molar-refractivity contribution < 1.29 is 0 Å². The molecule has 0 atom stereocenters. The molecule has 0 unspecified atom stereocenters. The second-order valence-corrected chi connectivity index (χ2v) is 8.37. The van der Waals surface area contributed by atoms with Gasteiger partial charge in [-0.15, -0.1) is 0 Å². The molecule has 0 spiro atoms. The first-order chi connectivity index (χ1) is 9.81. The molecule has 1 aromatic carbocycles. The van der Waals surface area contributed by atoms with E-state index in [1.54, 1.807) is 0 Å². The van der Waals surface area contributed by atoms with Gasteiger partial charge >= 0.3 is 0 Å². The Bertz CT molecular complexity index is 430. The van der Waals surface area contributed by atoms with Crippen molar-refractivity contribution in [1.82, 2.24) is 5.32 Å². The number of nitrogens with one attached hydrogen (secondary N) is 1. The molecule has 1 aromatic rings. The molecule has 0 aliphatic heterocycles. The van der Waals surface area contributed by atoms with Crippen LogP contribution in [-0.2, 0) is 11.8 Å². The number of hydrogen-bond acceptors (Lipinski definition) is 1. The molecule has 1 fully saturated rings. The number of benzene rings is 1. The summed E-state index contributed by atoms with van der Waals surface area (Å²) in [6.45, 7) is 12.5. The third kappa shape index (κ3) is 4.57. The van der Waals surface area contributed by atoms with Gasteiger partial charge in [0.25, 0.3) is 0 Å². The Labute approximate surface area is 131 Å². The Hall–Kier alpha value is -0.820. The lowest BCUT2D eigenvalue weighted by Crippen LogP contribution is -2.37. The van der Waals surface area contributed by atoms with Gasteiger partial charge in [0.05, 0.1) is 0 Å². The van der Waals surface area contributed by atoms with Crippen LogP contribution in [0, 0.1) is 5.41 Å². The van der Waals surface area contributed by atoms with Gasteiger partial charge in [-0.25, -0.2) is 0 Å². The van der Waals surface area contributed by atoms with E-state index in [1.165, 1.54) is 49.8 Å². The summed E-state index contributed by atoms with van der Waals surface area (Å²) in [4.78, 5) is 0. The quantitative estimate of drug-likeness (QED) is 0.796. The van der Waals surface area contributed by atoms with Crippen molar-refractivity contribution in [3.8, 4) is 0 Å². The molecule has 0 aromatic heterocycles. The molecular formula is C20H33N. The van der Waals surface area contributed by atoms with Crippen molar-refractivity contribution in [2.45, 2.75) is 78.2 Å². The van der Waals surface area contributed by atoms with Crippen LogP contribution in [0.2, 0.25) is 0 Å². The van der Waals surface area contributed by atoms with Gasteiger partial charge in [-0.2, -0.15) is 0 Å². The average Bonchev–Trinajstić information content (AvgIpc) is 2.85. The summed E-state index contributed by atoms with van der Waals surface area (Å²) >= 11 is 0. The summed E-state index contributed by atoms with van der Waals surface area (Å²) in [5.74, 6) is 0. The number of hydrogen-bond donors (Lipinski definition) is 1. The van der Waals surface area contributed by atoms with Gasteiger partial charge in [0.2, 0.25) is 0 Å². The van der Waals surface area contributed by atoms with Crippen LogP contribution < -0.4 is 5.32 Å². The summed E-state index contributed by atoms with van der Waals surface area (Å²) in [6, 6.07) is 9.96. The third-order valence-corrected chi connectivity index (χ3v) is 4.95. The molecule has 0 radical (unpaired) electrons. The van der Waals surface area contributed by atoms with E-state index in [1.807, 2.05) is 0 Å². The van der Waals surface area contributed by atoms with E-state index in [0.717, 1.165) is 0 Å². The Kier molecular flexibility index (Phi) is 5.14. The Morgan fingerprint density at radius 2 is 1.62 bits per heavy atom. The van der Waals surface area contributed by atoms with Gasteiger partial charge < -0.3 is 5.32 Å². The molecule has 1 heteroatoms. The molecule has 1 nitrogen and oxygen atoms in total. The van der Waals surface area contributed by atoms with Gasteiger partial charge in [0.15, 0.2) is 0 Å². The van der Waals surface area contributed by atoms with Crippen LogP contribution in [0.15, 0.2) is 24.3 Å². The van der Waals surface area contributed by atoms with Crippen molar-refractivity contribution in [2.75, 3.05) is 6.54 Å². The molecule has 1 N–H and O–H groups in total. The minimum absolute atomic E-state index is 0.253. The predicted molar refractivity (Wildman–Crippen MR) is 92.9 cm³/mol. The second kappa shape index (κ2) is 6.52. The molecule has 21 heavy (non-hydrogen) atoms. The van der Waals surface area contributed by atoms with Gasteiger partial charge in [-0.3, -0.25) is 0 Å². The minimum atomic E-state index is 0.253. The van der Waals surface area contributed by atoms with Gasteiger partial charge in [-0.05, 0) is 41.2 Å². The monoisotopic (exact) mass is 287 g/mol. The van der Waals surface area contributed by atoms with E-state index in [4.69, 9.17) is 0 Å². The summed E-state index contributed by atoms with van der Waals surface area (Å²) < 4.78 is 0.